The monoisotopic (exact) mass is 513 g/mol. The Morgan fingerprint density at radius 2 is 1.81 bits per heavy atom. The van der Waals surface area contributed by atoms with Crippen LogP contribution in [0.5, 0.6) is 5.75 Å². The highest BCUT2D eigenvalue weighted by molar-refractivity contribution is 5.39. The largest absolute Gasteiger partial charge is 0.463 e. The fourth-order valence-corrected chi connectivity index (χ4v) is 3.87. The van der Waals surface area contributed by atoms with Crippen molar-refractivity contribution in [3.8, 4) is 5.75 Å². The van der Waals surface area contributed by atoms with E-state index in [1.54, 1.807) is 18.2 Å². The Morgan fingerprint density at radius 1 is 1.06 bits per heavy atom. The molecule has 0 amide bonds. The van der Waals surface area contributed by atoms with Gasteiger partial charge in [-0.25, -0.2) is 0 Å². The van der Waals surface area contributed by atoms with E-state index in [9.17, 15) is 22.7 Å². The van der Waals surface area contributed by atoms with Gasteiger partial charge in [-0.2, -0.15) is 17.6 Å². The molecule has 0 saturated heterocycles. The molecule has 0 fully saturated rings. The average Bonchev–Trinajstić information content (AvgIpc) is 2.83. The van der Waals surface area contributed by atoms with Crippen molar-refractivity contribution < 1.29 is 36.9 Å². The quantitative estimate of drug-likeness (QED) is 0.252. The van der Waals surface area contributed by atoms with Crippen LogP contribution in [0.2, 0.25) is 0 Å². The topological polar surface area (TPSA) is 60.0 Å². The Hall–Kier alpha value is -2.20. The van der Waals surface area contributed by atoms with Crippen LogP contribution in [0.4, 0.5) is 17.6 Å². The minimum Gasteiger partial charge on any atom is -0.463 e. The molecule has 2 aromatic carbocycles. The number of aliphatic hydroxyl groups excluding tert-OH is 1. The van der Waals surface area contributed by atoms with Crippen LogP contribution >= 0.6 is 0 Å². The van der Waals surface area contributed by atoms with E-state index in [1.807, 2.05) is 44.2 Å². The molecule has 1 aliphatic heterocycles. The normalized spacial score (nSPS) is 16.3. The average molecular weight is 514 g/mol. The number of alkyl halides is 4. The molecular formula is C27H35F4NO4. The van der Waals surface area contributed by atoms with E-state index in [4.69, 9.17) is 14.2 Å². The second kappa shape index (κ2) is 12.4. The van der Waals surface area contributed by atoms with Gasteiger partial charge < -0.3 is 24.6 Å². The number of benzene rings is 2. The molecule has 1 aliphatic rings. The highest BCUT2D eigenvalue weighted by atomic mass is 19.3. The minimum atomic E-state index is -4.25. The van der Waals surface area contributed by atoms with Gasteiger partial charge in [0, 0.05) is 39.0 Å². The molecular weight excluding hydrogens is 478 g/mol. The molecule has 200 valence electrons. The number of fused-ring (bicyclic) bond motifs is 1. The van der Waals surface area contributed by atoms with Crippen molar-refractivity contribution >= 4 is 0 Å². The minimum absolute atomic E-state index is 0.0152. The molecule has 1 atom stereocenters. The Labute approximate surface area is 209 Å². The van der Waals surface area contributed by atoms with Crippen LogP contribution in [0, 0.1) is 0 Å². The lowest BCUT2D eigenvalue weighted by molar-refractivity contribution is -0.235. The van der Waals surface area contributed by atoms with Gasteiger partial charge in [-0.3, -0.25) is 0 Å². The first-order valence-corrected chi connectivity index (χ1v) is 12.2. The summed E-state index contributed by atoms with van der Waals surface area (Å²) in [5, 5.41) is 13.3. The van der Waals surface area contributed by atoms with Gasteiger partial charge in [-0.15, -0.1) is 0 Å². The number of hydrogen-bond donors (Lipinski definition) is 2. The smallest absolute Gasteiger partial charge is 0.332 e. The van der Waals surface area contributed by atoms with Gasteiger partial charge in [0.1, 0.15) is 12.4 Å². The zero-order valence-electron chi connectivity index (χ0n) is 20.7. The van der Waals surface area contributed by atoms with Crippen molar-refractivity contribution in [3.05, 3.63) is 65.2 Å². The van der Waals surface area contributed by atoms with Gasteiger partial charge in [-0.05, 0) is 49.1 Å². The Kier molecular flexibility index (Phi) is 9.74. The van der Waals surface area contributed by atoms with Gasteiger partial charge in [0.15, 0.2) is 0 Å². The second-order valence-electron chi connectivity index (χ2n) is 9.53. The SMILES string of the molecule is CC1(C)OCc2cc([C@H](O)CNCCCC(F)(F)C(F)(F)COCCCc3ccccc3)ccc2O1. The summed E-state index contributed by atoms with van der Waals surface area (Å²) < 4.78 is 72.5. The first-order valence-electron chi connectivity index (χ1n) is 12.2. The molecule has 0 aliphatic carbocycles. The summed E-state index contributed by atoms with van der Waals surface area (Å²) in [7, 11) is 0. The zero-order chi connectivity index (χ0) is 26.2. The standard InChI is InChI=1S/C27H35F4NO4/c1-25(2)35-18-22-16-21(11-12-24(22)36-25)23(33)17-32-14-7-13-26(28,29)27(30,31)19-34-15-6-10-20-8-4-3-5-9-20/h3-5,8-9,11-12,16,23,32-33H,6-7,10,13-15,17-19H2,1-2H3/t23-/m1/s1. The fraction of sp³-hybridized carbons (Fsp3) is 0.556. The van der Waals surface area contributed by atoms with Gasteiger partial charge in [0.2, 0.25) is 5.79 Å². The third-order valence-electron chi connectivity index (χ3n) is 6.00. The summed E-state index contributed by atoms with van der Waals surface area (Å²) in [6, 6.07) is 14.7. The Morgan fingerprint density at radius 3 is 2.56 bits per heavy atom. The molecule has 1 heterocycles. The van der Waals surface area contributed by atoms with E-state index >= 15 is 0 Å². The summed E-state index contributed by atoms with van der Waals surface area (Å²) in [4.78, 5) is 0. The van der Waals surface area contributed by atoms with Gasteiger partial charge >= 0.3 is 11.8 Å². The maximum atomic E-state index is 14.1. The first kappa shape index (κ1) is 28.4. The molecule has 0 bridgehead atoms. The Balaban J connectivity index is 1.33. The molecule has 5 nitrogen and oxygen atoms in total. The maximum Gasteiger partial charge on any atom is 0.332 e. The van der Waals surface area contributed by atoms with Crippen LogP contribution in [0.15, 0.2) is 48.5 Å². The third kappa shape index (κ3) is 8.16. The highest BCUT2D eigenvalue weighted by Crippen LogP contribution is 2.38. The lowest BCUT2D eigenvalue weighted by atomic mass is 10.0. The first-order chi connectivity index (χ1) is 17.0. The van der Waals surface area contributed by atoms with Crippen LogP contribution in [0.25, 0.3) is 0 Å². The summed E-state index contributed by atoms with van der Waals surface area (Å²) in [5.74, 6) is -8.47. The predicted molar refractivity (Wildman–Crippen MR) is 128 cm³/mol. The summed E-state index contributed by atoms with van der Waals surface area (Å²) in [5.41, 5.74) is 2.46. The van der Waals surface area contributed by atoms with Gasteiger partial charge in [0.25, 0.3) is 0 Å². The van der Waals surface area contributed by atoms with Crippen LogP contribution in [0.3, 0.4) is 0 Å². The van der Waals surface area contributed by atoms with Crippen molar-refractivity contribution in [1.29, 1.82) is 0 Å². The van der Waals surface area contributed by atoms with Gasteiger partial charge in [0.05, 0.1) is 12.7 Å². The summed E-state index contributed by atoms with van der Waals surface area (Å²) >= 11 is 0. The predicted octanol–water partition coefficient (Wildman–Crippen LogP) is 5.65. The van der Waals surface area contributed by atoms with E-state index in [2.05, 4.69) is 5.32 Å². The zero-order valence-corrected chi connectivity index (χ0v) is 20.7. The van der Waals surface area contributed by atoms with Crippen molar-refractivity contribution in [2.24, 2.45) is 0 Å². The van der Waals surface area contributed by atoms with Crippen LogP contribution < -0.4 is 10.1 Å². The maximum absolute atomic E-state index is 14.1. The third-order valence-corrected chi connectivity index (χ3v) is 6.00. The molecule has 36 heavy (non-hydrogen) atoms. The summed E-state index contributed by atoms with van der Waals surface area (Å²) in [6.45, 7) is 2.79. The molecule has 0 aromatic heterocycles. The number of hydrogen-bond acceptors (Lipinski definition) is 5. The van der Waals surface area contributed by atoms with Crippen molar-refractivity contribution in [3.63, 3.8) is 0 Å². The van der Waals surface area contributed by atoms with E-state index in [0.29, 0.717) is 30.8 Å². The number of nitrogens with one attached hydrogen (secondary N) is 1. The summed E-state index contributed by atoms with van der Waals surface area (Å²) in [6.07, 6.45) is -0.952. The number of rotatable bonds is 14. The number of aryl methyl sites for hydroxylation is 1. The number of aliphatic hydroxyl groups is 1. The van der Waals surface area contributed by atoms with E-state index in [-0.39, 0.29) is 26.1 Å². The molecule has 0 radical (unpaired) electrons. The van der Waals surface area contributed by atoms with Crippen molar-refractivity contribution in [1.82, 2.24) is 5.32 Å². The lowest BCUT2D eigenvalue weighted by Crippen LogP contribution is -2.44. The van der Waals surface area contributed by atoms with E-state index in [0.717, 1.165) is 11.1 Å². The Bertz CT molecular complexity index is 956. The van der Waals surface area contributed by atoms with Crippen molar-refractivity contribution in [2.45, 2.75) is 69.9 Å². The second-order valence-corrected chi connectivity index (χ2v) is 9.53. The molecule has 9 heteroatoms. The van der Waals surface area contributed by atoms with E-state index < -0.39 is 36.8 Å². The van der Waals surface area contributed by atoms with Crippen LogP contribution in [0.1, 0.15) is 55.9 Å². The molecule has 0 unspecified atom stereocenters. The van der Waals surface area contributed by atoms with Gasteiger partial charge in [-0.1, -0.05) is 36.4 Å². The molecule has 2 N–H and O–H groups in total. The number of halogens is 4. The molecule has 3 rings (SSSR count). The number of ether oxygens (including phenoxy) is 3. The molecule has 2 aromatic rings. The molecule has 0 saturated carbocycles. The fourth-order valence-electron chi connectivity index (χ4n) is 3.87. The van der Waals surface area contributed by atoms with Crippen LogP contribution in [-0.4, -0.2) is 49.0 Å². The van der Waals surface area contributed by atoms with Crippen LogP contribution in [-0.2, 0) is 22.5 Å². The lowest BCUT2D eigenvalue weighted by Gasteiger charge is -2.33. The molecule has 0 spiro atoms. The van der Waals surface area contributed by atoms with E-state index in [1.165, 1.54) is 0 Å². The van der Waals surface area contributed by atoms with Crippen molar-refractivity contribution in [2.75, 3.05) is 26.3 Å². The highest BCUT2D eigenvalue weighted by Gasteiger charge is 2.55.